The van der Waals surface area contributed by atoms with Crippen LogP contribution in [0.1, 0.15) is 0 Å². The van der Waals surface area contributed by atoms with E-state index in [1.54, 1.807) is 24.3 Å². The van der Waals surface area contributed by atoms with Gasteiger partial charge in [-0.2, -0.15) is 0 Å². The van der Waals surface area contributed by atoms with Crippen molar-refractivity contribution in [2.75, 3.05) is 11.5 Å². The molecule has 0 fully saturated rings. The van der Waals surface area contributed by atoms with Crippen LogP contribution < -0.4 is 11.5 Å². The Labute approximate surface area is 248 Å². The third-order valence-electron chi connectivity index (χ3n) is 5.00. The van der Waals surface area contributed by atoms with E-state index >= 15 is 0 Å². The quantitative estimate of drug-likeness (QED) is 0.107. The SMILES string of the molecule is Nc1ccccc1[N-]S(=O)(=O)c1ccc([N+](=O)[O-])cc1.Nc1ccccc1[N-]S(=O)(=O)c1ccc([N+](=O)[O-])cc1.[Pd+2]. The normalized spacial score (nSPS) is 10.7. The summed E-state index contributed by atoms with van der Waals surface area (Å²) in [6.07, 6.45) is 0. The molecular weight excluding hydrogens is 671 g/mol. The number of sulfonamides is 2. The largest absolute Gasteiger partial charge is 2.00 e. The van der Waals surface area contributed by atoms with Gasteiger partial charge in [-0.05, 0) is 36.4 Å². The molecule has 4 rings (SSSR count). The van der Waals surface area contributed by atoms with E-state index in [1.807, 2.05) is 0 Å². The standard InChI is InChI=1S/2C12H10N3O4S.Pd/c2*13-11-3-1-2-4-12(11)14-20(18,19)10-7-5-9(6-8-10)15(16)17;/h2*1-8H,13H2;/q2*-1;+2. The molecule has 0 saturated heterocycles. The summed E-state index contributed by atoms with van der Waals surface area (Å²) in [6.45, 7) is 0. The Morgan fingerprint density at radius 3 is 1.10 bits per heavy atom. The zero-order chi connectivity index (χ0) is 29.5. The van der Waals surface area contributed by atoms with Gasteiger partial charge in [0.25, 0.3) is 11.4 Å². The molecule has 0 amide bonds. The number of nitrogen functional groups attached to an aromatic ring is 2. The smallest absolute Gasteiger partial charge is 0.571 e. The van der Waals surface area contributed by atoms with Crippen molar-refractivity contribution in [3.05, 3.63) is 127 Å². The van der Waals surface area contributed by atoms with Gasteiger partial charge in [0, 0.05) is 35.6 Å². The first-order chi connectivity index (χ1) is 18.8. The van der Waals surface area contributed by atoms with Crippen LogP contribution in [0.4, 0.5) is 34.1 Å². The predicted octanol–water partition coefficient (Wildman–Crippen LogP) is 5.14. The zero-order valence-corrected chi connectivity index (χ0v) is 23.8. The molecule has 0 aliphatic rings. The second-order valence-electron chi connectivity index (χ2n) is 7.75. The number of non-ortho nitro benzene ring substituents is 2. The summed E-state index contributed by atoms with van der Waals surface area (Å²) in [7, 11) is -7.91. The Kier molecular flexibility index (Phi) is 10.9. The summed E-state index contributed by atoms with van der Waals surface area (Å²) in [5.74, 6) is 0. The van der Waals surface area contributed by atoms with Gasteiger partial charge in [-0.25, -0.2) is 16.8 Å². The van der Waals surface area contributed by atoms with Gasteiger partial charge in [0.05, 0.1) is 19.6 Å². The molecule has 0 atom stereocenters. The van der Waals surface area contributed by atoms with Crippen LogP contribution in [0.2, 0.25) is 0 Å². The van der Waals surface area contributed by atoms with Crippen molar-refractivity contribution >= 4 is 54.2 Å². The van der Waals surface area contributed by atoms with Crippen molar-refractivity contribution in [3.8, 4) is 0 Å². The van der Waals surface area contributed by atoms with E-state index in [9.17, 15) is 37.1 Å². The van der Waals surface area contributed by atoms with Gasteiger partial charge in [-0.3, -0.25) is 20.2 Å². The van der Waals surface area contributed by atoms with Crippen molar-refractivity contribution in [2.24, 2.45) is 0 Å². The van der Waals surface area contributed by atoms with E-state index in [0.29, 0.717) is 0 Å². The van der Waals surface area contributed by atoms with Gasteiger partial charge < -0.3 is 20.9 Å². The molecule has 4 aromatic carbocycles. The van der Waals surface area contributed by atoms with E-state index in [0.717, 1.165) is 48.5 Å². The summed E-state index contributed by atoms with van der Waals surface area (Å²) < 4.78 is 55.4. The number of benzene rings is 4. The van der Waals surface area contributed by atoms with Crippen LogP contribution in [0, 0.1) is 20.2 Å². The first-order valence-electron chi connectivity index (χ1n) is 10.9. The molecule has 0 saturated carbocycles. The van der Waals surface area contributed by atoms with Gasteiger partial charge in [-0.1, -0.05) is 36.4 Å². The Morgan fingerprint density at radius 2 is 0.829 bits per heavy atom. The fourth-order valence-corrected chi connectivity index (χ4v) is 5.01. The van der Waals surface area contributed by atoms with Crippen molar-refractivity contribution < 1.29 is 47.1 Å². The molecule has 216 valence electrons. The van der Waals surface area contributed by atoms with E-state index in [2.05, 4.69) is 9.44 Å². The molecule has 17 heteroatoms. The molecule has 0 aromatic heterocycles. The van der Waals surface area contributed by atoms with Crippen LogP contribution >= 0.6 is 0 Å². The first-order valence-corrected chi connectivity index (χ1v) is 13.8. The first kappa shape index (κ1) is 32.7. The Hall–Kier alpha value is -4.56. The molecule has 4 aromatic rings. The van der Waals surface area contributed by atoms with E-state index in [4.69, 9.17) is 11.5 Å². The molecule has 4 N–H and O–H groups in total. The number of hydrogen-bond donors (Lipinski definition) is 2. The van der Waals surface area contributed by atoms with Crippen LogP contribution in [0.5, 0.6) is 0 Å². The average Bonchev–Trinajstić information content (AvgIpc) is 2.91. The number of anilines is 2. The van der Waals surface area contributed by atoms with Gasteiger partial charge in [-0.15, -0.1) is 11.4 Å². The van der Waals surface area contributed by atoms with Gasteiger partial charge in [0.15, 0.2) is 0 Å². The molecule has 0 radical (unpaired) electrons. The summed E-state index contributed by atoms with van der Waals surface area (Å²) in [6, 6.07) is 21.5. The maximum absolute atomic E-state index is 12.0. The number of rotatable bonds is 8. The number of nitro groups is 2. The fraction of sp³-hybridized carbons (Fsp3) is 0. The van der Waals surface area contributed by atoms with Gasteiger partial charge >= 0.3 is 20.4 Å². The molecule has 0 heterocycles. The van der Waals surface area contributed by atoms with Crippen molar-refractivity contribution in [3.63, 3.8) is 0 Å². The second-order valence-corrected chi connectivity index (χ2v) is 11.0. The summed E-state index contributed by atoms with van der Waals surface area (Å²) in [5, 5.41) is 21.0. The minimum absolute atomic E-state index is 0. The average molecular weight is 691 g/mol. The minimum Gasteiger partial charge on any atom is -0.571 e. The summed E-state index contributed by atoms with van der Waals surface area (Å²) in [5.41, 5.74) is 11.6. The van der Waals surface area contributed by atoms with Crippen LogP contribution in [0.3, 0.4) is 0 Å². The van der Waals surface area contributed by atoms with E-state index in [-0.39, 0.29) is 64.3 Å². The Balaban J connectivity index is 0.000000280. The molecule has 0 aliphatic heterocycles. The molecule has 0 spiro atoms. The monoisotopic (exact) mass is 690 g/mol. The van der Waals surface area contributed by atoms with Gasteiger partial charge in [0.2, 0.25) is 0 Å². The third-order valence-corrected chi connectivity index (χ3v) is 7.61. The molecular formula is C24H20N6O8PdS2. The number of nitro benzene ring substituents is 2. The topological polar surface area (TPSA) is 235 Å². The van der Waals surface area contributed by atoms with Crippen LogP contribution in [-0.2, 0) is 40.5 Å². The van der Waals surface area contributed by atoms with Crippen molar-refractivity contribution in [1.29, 1.82) is 0 Å². The molecule has 0 bridgehead atoms. The maximum Gasteiger partial charge on any atom is 2.00 e. The minimum atomic E-state index is -3.96. The van der Waals surface area contributed by atoms with Crippen LogP contribution in [-0.4, -0.2) is 26.7 Å². The summed E-state index contributed by atoms with van der Waals surface area (Å²) >= 11 is 0. The predicted molar refractivity (Wildman–Crippen MR) is 148 cm³/mol. The second kappa shape index (κ2) is 13.7. The number of nitrogens with two attached hydrogens (primary N) is 2. The van der Waals surface area contributed by atoms with Crippen molar-refractivity contribution in [2.45, 2.75) is 9.79 Å². The maximum atomic E-state index is 12.0. The van der Waals surface area contributed by atoms with Gasteiger partial charge in [0.1, 0.15) is 20.0 Å². The number of para-hydroxylation sites is 2. The Morgan fingerprint density at radius 1 is 0.537 bits per heavy atom. The number of hydrogen-bond acceptors (Lipinski definition) is 10. The van der Waals surface area contributed by atoms with Crippen LogP contribution in [0.15, 0.2) is 107 Å². The van der Waals surface area contributed by atoms with E-state index in [1.165, 1.54) is 24.3 Å². The molecule has 41 heavy (non-hydrogen) atoms. The molecule has 0 unspecified atom stereocenters. The molecule has 0 aliphatic carbocycles. The third kappa shape index (κ3) is 8.71. The van der Waals surface area contributed by atoms with Crippen LogP contribution in [0.25, 0.3) is 9.44 Å². The summed E-state index contributed by atoms with van der Waals surface area (Å²) in [4.78, 5) is 19.5. The number of nitrogens with zero attached hydrogens (tertiary/aromatic N) is 4. The fourth-order valence-electron chi connectivity index (χ4n) is 2.99. The van der Waals surface area contributed by atoms with Crippen molar-refractivity contribution in [1.82, 2.24) is 0 Å². The van der Waals surface area contributed by atoms with E-state index < -0.39 is 29.9 Å². The zero-order valence-electron chi connectivity index (χ0n) is 20.6. The molecule has 14 nitrogen and oxygen atoms in total. The Bertz CT molecular complexity index is 1620.